The molecule has 0 bridgehead atoms. The number of halogens is 1. The van der Waals surface area contributed by atoms with Gasteiger partial charge in [-0.25, -0.2) is 4.79 Å². The Hall–Kier alpha value is -1.07. The van der Waals surface area contributed by atoms with Crippen molar-refractivity contribution in [3.63, 3.8) is 0 Å². The van der Waals surface area contributed by atoms with Crippen LogP contribution in [0.5, 0.6) is 0 Å². The van der Waals surface area contributed by atoms with E-state index in [1.165, 1.54) is 0 Å². The first-order chi connectivity index (χ1) is 4.95. The van der Waals surface area contributed by atoms with Gasteiger partial charge in [-0.15, -0.1) is 12.4 Å². The Morgan fingerprint density at radius 1 is 1.42 bits per heavy atom. The third-order valence-electron chi connectivity index (χ3n) is 1.09. The topological polar surface area (TPSA) is 101 Å². The Kier molecular flexibility index (Phi) is 6.27. The Bertz CT molecular complexity index is 204. The number of hydrogen-bond acceptors (Lipinski definition) is 3. The Morgan fingerprint density at radius 2 is 1.83 bits per heavy atom. The van der Waals surface area contributed by atoms with Crippen LogP contribution < -0.4 is 5.73 Å². The molecule has 0 rings (SSSR count). The van der Waals surface area contributed by atoms with E-state index >= 15 is 0 Å². The van der Waals surface area contributed by atoms with Crippen molar-refractivity contribution in [2.45, 2.75) is 12.5 Å². The predicted molar refractivity (Wildman–Crippen MR) is 44.3 cm³/mol. The number of carboxylic acids is 2. The van der Waals surface area contributed by atoms with E-state index in [0.29, 0.717) is 0 Å². The summed E-state index contributed by atoms with van der Waals surface area (Å²) < 4.78 is 0. The fourth-order valence-corrected chi connectivity index (χ4v) is 0.440. The molecule has 4 N–H and O–H groups in total. The molecule has 6 heteroatoms. The van der Waals surface area contributed by atoms with Crippen molar-refractivity contribution in [2.75, 3.05) is 0 Å². The third kappa shape index (κ3) is 4.70. The van der Waals surface area contributed by atoms with Gasteiger partial charge in [0.1, 0.15) is 6.04 Å². The molecule has 0 aromatic heterocycles. The Labute approximate surface area is 75.3 Å². The third-order valence-corrected chi connectivity index (χ3v) is 1.09. The molecule has 0 heterocycles. The molecule has 0 radical (unpaired) electrons. The van der Waals surface area contributed by atoms with Crippen LogP contribution in [0, 0.1) is 0 Å². The molecule has 0 aromatic rings. The lowest BCUT2D eigenvalue weighted by atomic mass is 10.1. The van der Waals surface area contributed by atoms with Gasteiger partial charge < -0.3 is 15.9 Å². The van der Waals surface area contributed by atoms with Crippen molar-refractivity contribution in [2.24, 2.45) is 5.73 Å². The highest BCUT2D eigenvalue weighted by molar-refractivity contribution is 5.87. The summed E-state index contributed by atoms with van der Waals surface area (Å²) in [6, 6.07) is -1.18. The molecule has 0 aliphatic carbocycles. The zero-order valence-corrected chi connectivity index (χ0v) is 7.00. The first kappa shape index (κ1) is 13.5. The standard InChI is InChI=1S/C6H9NO4.ClH/c1-3(5(8)9)2-4(7)6(10)11;/h4H,1-2,7H2,(H,8,9)(H,10,11);1H/t4-;/m0./s1. The minimum absolute atomic E-state index is 0. The molecule has 0 amide bonds. The first-order valence-corrected chi connectivity index (χ1v) is 2.84. The fraction of sp³-hybridized carbons (Fsp3) is 0.333. The largest absolute Gasteiger partial charge is 0.480 e. The van der Waals surface area contributed by atoms with Gasteiger partial charge in [-0.1, -0.05) is 6.58 Å². The van der Waals surface area contributed by atoms with Crippen LogP contribution in [0.2, 0.25) is 0 Å². The van der Waals surface area contributed by atoms with E-state index < -0.39 is 18.0 Å². The Balaban J connectivity index is 0. The maximum atomic E-state index is 10.1. The van der Waals surface area contributed by atoms with E-state index in [9.17, 15) is 9.59 Å². The molecule has 1 atom stereocenters. The lowest BCUT2D eigenvalue weighted by Crippen LogP contribution is -2.31. The highest BCUT2D eigenvalue weighted by atomic mass is 35.5. The molecule has 70 valence electrons. The fourth-order valence-electron chi connectivity index (χ4n) is 0.440. The highest BCUT2D eigenvalue weighted by Gasteiger charge is 2.15. The van der Waals surface area contributed by atoms with Gasteiger partial charge in [-0.3, -0.25) is 4.79 Å². The minimum atomic E-state index is -1.23. The molecule has 0 aliphatic heterocycles. The van der Waals surface area contributed by atoms with Gasteiger partial charge in [-0.05, 0) is 0 Å². The molecule has 0 saturated heterocycles. The van der Waals surface area contributed by atoms with Crippen LogP contribution in [-0.2, 0) is 9.59 Å². The zero-order valence-electron chi connectivity index (χ0n) is 6.19. The summed E-state index contributed by atoms with van der Waals surface area (Å²) in [7, 11) is 0. The van der Waals surface area contributed by atoms with E-state index in [1.54, 1.807) is 0 Å². The maximum absolute atomic E-state index is 10.1. The quantitative estimate of drug-likeness (QED) is 0.542. The number of nitrogens with two attached hydrogens (primary N) is 1. The van der Waals surface area contributed by atoms with E-state index in [-0.39, 0.29) is 24.4 Å². The van der Waals surface area contributed by atoms with E-state index in [4.69, 9.17) is 15.9 Å². The summed E-state index contributed by atoms with van der Waals surface area (Å²) in [5.74, 6) is -2.45. The predicted octanol–water partition coefficient (Wildman–Crippen LogP) is -0.149. The molecule has 0 aliphatic rings. The number of rotatable bonds is 4. The molecule has 12 heavy (non-hydrogen) atoms. The molecule has 0 unspecified atom stereocenters. The molecule has 0 aromatic carbocycles. The van der Waals surface area contributed by atoms with E-state index in [1.807, 2.05) is 0 Å². The summed E-state index contributed by atoms with van der Waals surface area (Å²) in [4.78, 5) is 20.2. The smallest absolute Gasteiger partial charge is 0.331 e. The lowest BCUT2D eigenvalue weighted by Gasteiger charge is -2.04. The minimum Gasteiger partial charge on any atom is -0.480 e. The van der Waals surface area contributed by atoms with Crippen molar-refractivity contribution >= 4 is 24.3 Å². The average molecular weight is 196 g/mol. The van der Waals surface area contributed by atoms with Crippen molar-refractivity contribution in [1.82, 2.24) is 0 Å². The van der Waals surface area contributed by atoms with Crippen molar-refractivity contribution in [3.05, 3.63) is 12.2 Å². The molecule has 5 nitrogen and oxygen atoms in total. The number of carboxylic acid groups (broad SMARTS) is 2. The average Bonchev–Trinajstić information content (AvgIpc) is 1.87. The molecular formula is C6H10ClNO4. The normalized spacial score (nSPS) is 11.1. The molecule has 0 fully saturated rings. The Morgan fingerprint density at radius 3 is 2.08 bits per heavy atom. The van der Waals surface area contributed by atoms with Gasteiger partial charge >= 0.3 is 11.9 Å². The summed E-state index contributed by atoms with van der Waals surface area (Å²) in [5, 5.41) is 16.5. The van der Waals surface area contributed by atoms with Crippen LogP contribution in [0.4, 0.5) is 0 Å². The summed E-state index contributed by atoms with van der Waals surface area (Å²) in [5.41, 5.74) is 4.84. The molecular weight excluding hydrogens is 186 g/mol. The van der Waals surface area contributed by atoms with Gasteiger partial charge in [0.05, 0.1) is 0 Å². The second kappa shape index (κ2) is 5.56. The van der Waals surface area contributed by atoms with Crippen LogP contribution in [-0.4, -0.2) is 28.2 Å². The van der Waals surface area contributed by atoms with Crippen LogP contribution in [0.1, 0.15) is 6.42 Å². The monoisotopic (exact) mass is 195 g/mol. The highest BCUT2D eigenvalue weighted by Crippen LogP contribution is 2.00. The SMILES string of the molecule is C=C(C[C@H](N)C(=O)O)C(=O)O.Cl. The van der Waals surface area contributed by atoms with Gasteiger partial charge in [-0.2, -0.15) is 0 Å². The van der Waals surface area contributed by atoms with Gasteiger partial charge in [0.2, 0.25) is 0 Å². The van der Waals surface area contributed by atoms with Gasteiger partial charge in [0.25, 0.3) is 0 Å². The van der Waals surface area contributed by atoms with Gasteiger partial charge in [0, 0.05) is 12.0 Å². The summed E-state index contributed by atoms with van der Waals surface area (Å²) >= 11 is 0. The van der Waals surface area contributed by atoms with Crippen molar-refractivity contribution < 1.29 is 19.8 Å². The number of aliphatic carboxylic acids is 2. The summed E-state index contributed by atoms with van der Waals surface area (Å²) in [6.45, 7) is 3.13. The van der Waals surface area contributed by atoms with Crippen LogP contribution >= 0.6 is 12.4 Å². The lowest BCUT2D eigenvalue weighted by molar-refractivity contribution is -0.138. The molecule has 0 spiro atoms. The van der Waals surface area contributed by atoms with Crippen LogP contribution in [0.15, 0.2) is 12.2 Å². The van der Waals surface area contributed by atoms with Gasteiger partial charge in [0.15, 0.2) is 0 Å². The van der Waals surface area contributed by atoms with Crippen molar-refractivity contribution in [1.29, 1.82) is 0 Å². The molecule has 0 saturated carbocycles. The van der Waals surface area contributed by atoms with E-state index in [2.05, 4.69) is 6.58 Å². The van der Waals surface area contributed by atoms with Crippen LogP contribution in [0.25, 0.3) is 0 Å². The first-order valence-electron chi connectivity index (χ1n) is 2.84. The van der Waals surface area contributed by atoms with E-state index in [0.717, 1.165) is 0 Å². The summed E-state index contributed by atoms with van der Waals surface area (Å²) in [6.07, 6.45) is -0.231. The zero-order chi connectivity index (χ0) is 9.02. The number of carbonyl (C=O) groups is 2. The number of hydrogen-bond donors (Lipinski definition) is 3. The second-order valence-corrected chi connectivity index (χ2v) is 2.06. The maximum Gasteiger partial charge on any atom is 0.331 e. The second-order valence-electron chi connectivity index (χ2n) is 2.06. The van der Waals surface area contributed by atoms with Crippen LogP contribution in [0.3, 0.4) is 0 Å². The van der Waals surface area contributed by atoms with Crippen molar-refractivity contribution in [3.8, 4) is 0 Å².